The zero-order chi connectivity index (χ0) is 13.1. The molecule has 1 aliphatic rings. The lowest BCUT2D eigenvalue weighted by Gasteiger charge is -2.34. The fourth-order valence-electron chi connectivity index (χ4n) is 1.85. The van der Waals surface area contributed by atoms with Crippen molar-refractivity contribution in [2.45, 2.75) is 6.04 Å². The molecule has 1 rings (SSSR count). The second-order valence-corrected chi connectivity index (χ2v) is 4.22. The molecule has 1 fully saturated rings. The number of hydrogen-bond acceptors (Lipinski definition) is 6. The van der Waals surface area contributed by atoms with Crippen molar-refractivity contribution in [2.24, 2.45) is 5.73 Å². The SMILES string of the molecule is COCCOCCOCCN1CCOCC1CN. The first kappa shape index (κ1) is 15.8. The molecule has 108 valence electrons. The molecule has 0 spiro atoms. The number of morpholine rings is 1. The van der Waals surface area contributed by atoms with Gasteiger partial charge in [0.25, 0.3) is 0 Å². The fourth-order valence-corrected chi connectivity index (χ4v) is 1.85. The summed E-state index contributed by atoms with van der Waals surface area (Å²) >= 11 is 0. The molecule has 1 unspecified atom stereocenters. The van der Waals surface area contributed by atoms with E-state index in [2.05, 4.69) is 4.90 Å². The normalized spacial score (nSPS) is 21.3. The molecular formula is C12H26N2O4. The van der Waals surface area contributed by atoms with Gasteiger partial charge in [-0.05, 0) is 0 Å². The molecule has 1 heterocycles. The van der Waals surface area contributed by atoms with Gasteiger partial charge in [-0.15, -0.1) is 0 Å². The van der Waals surface area contributed by atoms with E-state index in [4.69, 9.17) is 24.7 Å². The van der Waals surface area contributed by atoms with Crippen LogP contribution in [0.15, 0.2) is 0 Å². The number of methoxy groups -OCH3 is 1. The van der Waals surface area contributed by atoms with Crippen LogP contribution in [-0.2, 0) is 18.9 Å². The average molecular weight is 262 g/mol. The molecule has 6 heteroatoms. The summed E-state index contributed by atoms with van der Waals surface area (Å²) in [7, 11) is 1.66. The first-order valence-corrected chi connectivity index (χ1v) is 6.54. The van der Waals surface area contributed by atoms with Gasteiger partial charge in [0.1, 0.15) is 0 Å². The molecule has 0 aliphatic carbocycles. The molecule has 0 radical (unpaired) electrons. The van der Waals surface area contributed by atoms with E-state index >= 15 is 0 Å². The average Bonchev–Trinajstić information content (AvgIpc) is 2.42. The summed E-state index contributed by atoms with van der Waals surface area (Å²) in [6.45, 7) is 7.22. The van der Waals surface area contributed by atoms with Crippen LogP contribution in [0.3, 0.4) is 0 Å². The second-order valence-electron chi connectivity index (χ2n) is 4.22. The minimum Gasteiger partial charge on any atom is -0.382 e. The summed E-state index contributed by atoms with van der Waals surface area (Å²) in [6, 6.07) is 0.334. The smallest absolute Gasteiger partial charge is 0.0701 e. The fraction of sp³-hybridized carbons (Fsp3) is 1.00. The number of nitrogens with zero attached hydrogens (tertiary/aromatic N) is 1. The maximum absolute atomic E-state index is 5.70. The molecule has 6 nitrogen and oxygen atoms in total. The van der Waals surface area contributed by atoms with Gasteiger partial charge >= 0.3 is 0 Å². The van der Waals surface area contributed by atoms with Crippen LogP contribution in [0.4, 0.5) is 0 Å². The van der Waals surface area contributed by atoms with Crippen LogP contribution in [0.5, 0.6) is 0 Å². The van der Waals surface area contributed by atoms with Crippen LogP contribution in [0.25, 0.3) is 0 Å². The van der Waals surface area contributed by atoms with E-state index in [1.165, 1.54) is 0 Å². The topological polar surface area (TPSA) is 66.2 Å². The van der Waals surface area contributed by atoms with Crippen LogP contribution in [0.2, 0.25) is 0 Å². The van der Waals surface area contributed by atoms with Gasteiger partial charge in [0.15, 0.2) is 0 Å². The third kappa shape index (κ3) is 6.63. The molecule has 0 aromatic carbocycles. The monoisotopic (exact) mass is 262 g/mol. The van der Waals surface area contributed by atoms with Crippen molar-refractivity contribution in [1.82, 2.24) is 4.90 Å². The number of hydrogen-bond donors (Lipinski definition) is 1. The van der Waals surface area contributed by atoms with Crippen molar-refractivity contribution in [3.8, 4) is 0 Å². The molecule has 1 saturated heterocycles. The Balaban J connectivity index is 1.93. The quantitative estimate of drug-likeness (QED) is 0.527. The second kappa shape index (κ2) is 10.7. The van der Waals surface area contributed by atoms with Gasteiger partial charge in [0, 0.05) is 32.8 Å². The molecule has 0 saturated carbocycles. The highest BCUT2D eigenvalue weighted by atomic mass is 16.5. The lowest BCUT2D eigenvalue weighted by atomic mass is 10.2. The number of rotatable bonds is 10. The van der Waals surface area contributed by atoms with Crippen LogP contribution in [-0.4, -0.2) is 83.9 Å². The van der Waals surface area contributed by atoms with Crippen LogP contribution in [0.1, 0.15) is 0 Å². The minimum atomic E-state index is 0.334. The van der Waals surface area contributed by atoms with E-state index < -0.39 is 0 Å². The molecule has 2 N–H and O–H groups in total. The van der Waals surface area contributed by atoms with Crippen molar-refractivity contribution in [3.63, 3.8) is 0 Å². The van der Waals surface area contributed by atoms with E-state index in [1.54, 1.807) is 7.11 Å². The molecule has 1 atom stereocenters. The van der Waals surface area contributed by atoms with Crippen molar-refractivity contribution < 1.29 is 18.9 Å². The van der Waals surface area contributed by atoms with Crippen LogP contribution >= 0.6 is 0 Å². The molecule has 0 aromatic heterocycles. The third-order valence-corrected chi connectivity index (χ3v) is 2.95. The largest absolute Gasteiger partial charge is 0.382 e. The molecule has 0 aromatic rings. The maximum atomic E-state index is 5.70. The summed E-state index contributed by atoms with van der Waals surface area (Å²) in [4.78, 5) is 2.33. The Morgan fingerprint density at radius 1 is 1.17 bits per heavy atom. The summed E-state index contributed by atoms with van der Waals surface area (Å²) in [5.74, 6) is 0. The molecule has 1 aliphatic heterocycles. The highest BCUT2D eigenvalue weighted by Crippen LogP contribution is 2.04. The van der Waals surface area contributed by atoms with Gasteiger partial charge in [-0.3, -0.25) is 4.90 Å². The third-order valence-electron chi connectivity index (χ3n) is 2.95. The summed E-state index contributed by atoms with van der Waals surface area (Å²) in [5.41, 5.74) is 5.70. The van der Waals surface area contributed by atoms with Crippen LogP contribution in [0, 0.1) is 0 Å². The summed E-state index contributed by atoms with van der Waals surface area (Å²) < 4.78 is 21.1. The maximum Gasteiger partial charge on any atom is 0.0701 e. The highest BCUT2D eigenvalue weighted by molar-refractivity contribution is 4.75. The Kier molecular flexibility index (Phi) is 9.37. The van der Waals surface area contributed by atoms with Crippen molar-refractivity contribution in [3.05, 3.63) is 0 Å². The number of ether oxygens (including phenoxy) is 4. The highest BCUT2D eigenvalue weighted by Gasteiger charge is 2.20. The van der Waals surface area contributed by atoms with Crippen molar-refractivity contribution in [2.75, 3.05) is 73.0 Å². The van der Waals surface area contributed by atoms with E-state index in [0.29, 0.717) is 45.6 Å². The molecule has 18 heavy (non-hydrogen) atoms. The Labute approximate surface area is 109 Å². The Morgan fingerprint density at radius 3 is 2.61 bits per heavy atom. The summed E-state index contributed by atoms with van der Waals surface area (Å²) in [6.07, 6.45) is 0. The van der Waals surface area contributed by atoms with Gasteiger partial charge < -0.3 is 24.7 Å². The predicted molar refractivity (Wildman–Crippen MR) is 68.7 cm³/mol. The van der Waals surface area contributed by atoms with Gasteiger partial charge in [-0.2, -0.15) is 0 Å². The van der Waals surface area contributed by atoms with Crippen molar-refractivity contribution >= 4 is 0 Å². The predicted octanol–water partition coefficient (Wildman–Crippen LogP) is -0.674. The van der Waals surface area contributed by atoms with Gasteiger partial charge in [-0.1, -0.05) is 0 Å². The summed E-state index contributed by atoms with van der Waals surface area (Å²) in [5, 5.41) is 0. The van der Waals surface area contributed by atoms with E-state index in [0.717, 1.165) is 26.3 Å². The van der Waals surface area contributed by atoms with Crippen molar-refractivity contribution in [1.29, 1.82) is 0 Å². The lowest BCUT2D eigenvalue weighted by molar-refractivity contribution is -0.0240. The van der Waals surface area contributed by atoms with E-state index in [-0.39, 0.29) is 0 Å². The van der Waals surface area contributed by atoms with E-state index in [9.17, 15) is 0 Å². The zero-order valence-electron chi connectivity index (χ0n) is 11.3. The first-order chi connectivity index (χ1) is 8.88. The number of nitrogens with two attached hydrogens (primary N) is 1. The zero-order valence-corrected chi connectivity index (χ0v) is 11.3. The standard InChI is InChI=1S/C12H26N2O4/c1-15-6-7-17-9-8-16-4-2-14-3-5-18-11-12(14)10-13/h12H,2-11,13H2,1H3. The molecule has 0 amide bonds. The van der Waals surface area contributed by atoms with Crippen LogP contribution < -0.4 is 5.73 Å². The lowest BCUT2D eigenvalue weighted by Crippen LogP contribution is -2.50. The first-order valence-electron chi connectivity index (χ1n) is 6.54. The molecule has 0 bridgehead atoms. The Bertz CT molecular complexity index is 195. The van der Waals surface area contributed by atoms with Gasteiger partial charge in [0.05, 0.1) is 46.2 Å². The van der Waals surface area contributed by atoms with Gasteiger partial charge in [0.2, 0.25) is 0 Å². The Hall–Kier alpha value is -0.240. The van der Waals surface area contributed by atoms with E-state index in [1.807, 2.05) is 0 Å². The Morgan fingerprint density at radius 2 is 1.89 bits per heavy atom. The van der Waals surface area contributed by atoms with Gasteiger partial charge in [-0.25, -0.2) is 0 Å². The minimum absolute atomic E-state index is 0.334. The molecular weight excluding hydrogens is 236 g/mol.